The van der Waals surface area contributed by atoms with Crippen molar-refractivity contribution in [3.05, 3.63) is 34.3 Å². The lowest BCUT2D eigenvalue weighted by Crippen LogP contribution is -2.37. The first-order valence-electron chi connectivity index (χ1n) is 5.25. The van der Waals surface area contributed by atoms with E-state index in [9.17, 15) is 13.5 Å². The summed E-state index contributed by atoms with van der Waals surface area (Å²) in [4.78, 5) is 0. The standard InChI is InChI=1S/C11H16BrNO3S/c1-2-17(15,16)10(7-14)11(13)8-3-5-9(12)6-4-8/h3-6,10-11,14H,2,7,13H2,1H3/t10-,11+/m0/s1. The summed E-state index contributed by atoms with van der Waals surface area (Å²) in [6, 6.07) is 6.38. The maximum atomic E-state index is 11.8. The van der Waals surface area contributed by atoms with E-state index in [1.165, 1.54) is 0 Å². The Labute approximate surface area is 110 Å². The maximum Gasteiger partial charge on any atom is 0.157 e. The molecule has 0 aliphatic rings. The maximum absolute atomic E-state index is 11.8. The van der Waals surface area contributed by atoms with Crippen LogP contribution in [-0.2, 0) is 9.84 Å². The van der Waals surface area contributed by atoms with Crippen LogP contribution in [0.5, 0.6) is 0 Å². The zero-order valence-electron chi connectivity index (χ0n) is 9.51. The quantitative estimate of drug-likeness (QED) is 0.855. The minimum Gasteiger partial charge on any atom is -0.395 e. The van der Waals surface area contributed by atoms with E-state index in [0.717, 1.165) is 4.47 Å². The molecule has 0 unspecified atom stereocenters. The number of aliphatic hydroxyl groups is 1. The Morgan fingerprint density at radius 2 is 1.88 bits per heavy atom. The van der Waals surface area contributed by atoms with Crippen LogP contribution in [-0.4, -0.2) is 31.1 Å². The number of rotatable bonds is 5. The van der Waals surface area contributed by atoms with Gasteiger partial charge in [-0.1, -0.05) is 35.0 Å². The van der Waals surface area contributed by atoms with Crippen molar-refractivity contribution in [1.29, 1.82) is 0 Å². The SMILES string of the molecule is CCS(=O)(=O)[C@@H](CO)[C@H](N)c1ccc(Br)cc1. The highest BCUT2D eigenvalue weighted by Crippen LogP contribution is 2.22. The molecule has 0 radical (unpaired) electrons. The van der Waals surface area contributed by atoms with Gasteiger partial charge in [-0.25, -0.2) is 8.42 Å². The van der Waals surface area contributed by atoms with Gasteiger partial charge in [0.25, 0.3) is 0 Å². The van der Waals surface area contributed by atoms with E-state index in [-0.39, 0.29) is 5.75 Å². The molecule has 0 bridgehead atoms. The van der Waals surface area contributed by atoms with Crippen molar-refractivity contribution in [2.75, 3.05) is 12.4 Å². The lowest BCUT2D eigenvalue weighted by Gasteiger charge is -2.21. The largest absolute Gasteiger partial charge is 0.395 e. The van der Waals surface area contributed by atoms with Crippen LogP contribution in [0, 0.1) is 0 Å². The molecule has 3 N–H and O–H groups in total. The van der Waals surface area contributed by atoms with Crippen molar-refractivity contribution in [3.63, 3.8) is 0 Å². The van der Waals surface area contributed by atoms with Gasteiger partial charge in [-0.2, -0.15) is 0 Å². The molecular formula is C11H16BrNO3S. The summed E-state index contributed by atoms with van der Waals surface area (Å²) in [6.45, 7) is 1.08. The highest BCUT2D eigenvalue weighted by Gasteiger charge is 2.30. The molecule has 0 spiro atoms. The second kappa shape index (κ2) is 5.95. The van der Waals surface area contributed by atoms with Gasteiger partial charge < -0.3 is 10.8 Å². The Morgan fingerprint density at radius 1 is 1.35 bits per heavy atom. The van der Waals surface area contributed by atoms with Crippen LogP contribution in [0.1, 0.15) is 18.5 Å². The van der Waals surface area contributed by atoms with E-state index < -0.39 is 27.7 Å². The molecule has 1 aromatic carbocycles. The zero-order chi connectivity index (χ0) is 13.1. The molecule has 4 nitrogen and oxygen atoms in total. The molecule has 1 aromatic rings. The molecule has 0 aliphatic carbocycles. The third kappa shape index (κ3) is 3.51. The fourth-order valence-corrected chi connectivity index (χ4v) is 3.09. The lowest BCUT2D eigenvalue weighted by atomic mass is 10.1. The van der Waals surface area contributed by atoms with Crippen LogP contribution in [0.25, 0.3) is 0 Å². The number of benzene rings is 1. The average molecular weight is 322 g/mol. The lowest BCUT2D eigenvalue weighted by molar-refractivity contribution is 0.277. The molecule has 0 saturated carbocycles. The van der Waals surface area contributed by atoms with E-state index in [1.807, 2.05) is 0 Å². The third-order valence-electron chi connectivity index (χ3n) is 2.70. The zero-order valence-corrected chi connectivity index (χ0v) is 11.9. The Bertz CT molecular complexity index is 458. The molecule has 0 heterocycles. The second-order valence-electron chi connectivity index (χ2n) is 3.75. The van der Waals surface area contributed by atoms with Gasteiger partial charge in [0.05, 0.1) is 6.61 Å². The Kier molecular flexibility index (Phi) is 5.12. The molecule has 17 heavy (non-hydrogen) atoms. The van der Waals surface area contributed by atoms with Gasteiger partial charge in [-0.05, 0) is 17.7 Å². The van der Waals surface area contributed by atoms with Crippen molar-refractivity contribution in [2.45, 2.75) is 18.2 Å². The fourth-order valence-electron chi connectivity index (χ4n) is 1.56. The summed E-state index contributed by atoms with van der Waals surface area (Å²) in [5.41, 5.74) is 6.61. The number of halogens is 1. The highest BCUT2D eigenvalue weighted by atomic mass is 79.9. The van der Waals surface area contributed by atoms with Crippen molar-refractivity contribution in [2.24, 2.45) is 5.73 Å². The van der Waals surface area contributed by atoms with Crippen LogP contribution in [0.15, 0.2) is 28.7 Å². The molecule has 2 atom stereocenters. The van der Waals surface area contributed by atoms with Gasteiger partial charge in [-0.3, -0.25) is 0 Å². The molecule has 96 valence electrons. The van der Waals surface area contributed by atoms with E-state index in [4.69, 9.17) is 5.73 Å². The number of sulfone groups is 1. The van der Waals surface area contributed by atoms with Gasteiger partial charge in [0.1, 0.15) is 5.25 Å². The molecule has 0 saturated heterocycles. The number of nitrogens with two attached hydrogens (primary N) is 1. The summed E-state index contributed by atoms with van der Waals surface area (Å²) in [7, 11) is -3.35. The van der Waals surface area contributed by atoms with E-state index in [0.29, 0.717) is 5.56 Å². The van der Waals surface area contributed by atoms with Gasteiger partial charge >= 0.3 is 0 Å². The van der Waals surface area contributed by atoms with Gasteiger partial charge in [0.15, 0.2) is 9.84 Å². The van der Waals surface area contributed by atoms with E-state index in [2.05, 4.69) is 15.9 Å². The monoisotopic (exact) mass is 321 g/mol. The van der Waals surface area contributed by atoms with Crippen LogP contribution in [0.2, 0.25) is 0 Å². The molecular weight excluding hydrogens is 306 g/mol. The average Bonchev–Trinajstić information content (AvgIpc) is 2.30. The smallest absolute Gasteiger partial charge is 0.157 e. The molecule has 0 aliphatic heterocycles. The van der Waals surface area contributed by atoms with Crippen molar-refractivity contribution < 1.29 is 13.5 Å². The van der Waals surface area contributed by atoms with Gasteiger partial charge in [0, 0.05) is 16.3 Å². The fraction of sp³-hybridized carbons (Fsp3) is 0.455. The van der Waals surface area contributed by atoms with Crippen molar-refractivity contribution in [1.82, 2.24) is 0 Å². The van der Waals surface area contributed by atoms with Gasteiger partial charge in [0.2, 0.25) is 0 Å². The van der Waals surface area contributed by atoms with Crippen LogP contribution in [0.4, 0.5) is 0 Å². The summed E-state index contributed by atoms with van der Waals surface area (Å²) in [5, 5.41) is 8.26. The number of hydrogen-bond donors (Lipinski definition) is 2. The predicted molar refractivity (Wildman–Crippen MR) is 71.4 cm³/mol. The van der Waals surface area contributed by atoms with Crippen LogP contribution < -0.4 is 5.73 Å². The molecule has 0 fully saturated rings. The summed E-state index contributed by atoms with van der Waals surface area (Å²) >= 11 is 3.29. The van der Waals surface area contributed by atoms with E-state index in [1.54, 1.807) is 31.2 Å². The molecule has 0 aromatic heterocycles. The van der Waals surface area contributed by atoms with Gasteiger partial charge in [-0.15, -0.1) is 0 Å². The summed E-state index contributed by atoms with van der Waals surface area (Å²) in [5.74, 6) is -0.0253. The predicted octanol–water partition coefficient (Wildman–Crippen LogP) is 1.24. The number of hydrogen-bond acceptors (Lipinski definition) is 4. The van der Waals surface area contributed by atoms with Crippen molar-refractivity contribution in [3.8, 4) is 0 Å². The van der Waals surface area contributed by atoms with Crippen LogP contribution >= 0.6 is 15.9 Å². The topological polar surface area (TPSA) is 80.4 Å². The molecule has 1 rings (SSSR count). The van der Waals surface area contributed by atoms with Crippen LogP contribution in [0.3, 0.4) is 0 Å². The van der Waals surface area contributed by atoms with E-state index >= 15 is 0 Å². The Balaban J connectivity index is 3.02. The highest BCUT2D eigenvalue weighted by molar-refractivity contribution is 9.10. The minimum absolute atomic E-state index is 0.0253. The normalized spacial score (nSPS) is 15.5. The summed E-state index contributed by atoms with van der Waals surface area (Å²) in [6.07, 6.45) is 0. The Morgan fingerprint density at radius 3 is 2.29 bits per heavy atom. The molecule has 0 amide bonds. The first-order chi connectivity index (χ1) is 7.92. The van der Waals surface area contributed by atoms with Crippen molar-refractivity contribution >= 4 is 25.8 Å². The number of aliphatic hydroxyl groups excluding tert-OH is 1. The Hall–Kier alpha value is -0.430. The second-order valence-corrected chi connectivity index (χ2v) is 7.17. The molecule has 6 heteroatoms. The third-order valence-corrected chi connectivity index (χ3v) is 5.40. The first kappa shape index (κ1) is 14.6. The first-order valence-corrected chi connectivity index (χ1v) is 7.76. The minimum atomic E-state index is -3.35. The summed E-state index contributed by atoms with van der Waals surface area (Å²) < 4.78 is 24.4.